The average molecular weight is 316 g/mol. The van der Waals surface area contributed by atoms with Crippen molar-refractivity contribution in [3.63, 3.8) is 0 Å². The van der Waals surface area contributed by atoms with E-state index in [4.69, 9.17) is 10.5 Å². The molecule has 1 aromatic carbocycles. The third-order valence-corrected chi connectivity index (χ3v) is 4.98. The standard InChI is InChI=1S/C17H20N2O2S/c1-2-21-13-9-5-4-8-12(13)19-17(20)15-11-7-3-6-10-14(11)22-16(15)18/h4-5,8-9H,2-3,6-7,10,18H2,1H3,(H,19,20). The highest BCUT2D eigenvalue weighted by molar-refractivity contribution is 7.16. The molecule has 0 saturated carbocycles. The van der Waals surface area contributed by atoms with Crippen molar-refractivity contribution in [2.75, 3.05) is 17.7 Å². The molecule has 3 N–H and O–H groups in total. The van der Waals surface area contributed by atoms with Crippen LogP contribution in [0.2, 0.25) is 0 Å². The van der Waals surface area contributed by atoms with Crippen LogP contribution < -0.4 is 15.8 Å². The molecule has 5 heteroatoms. The van der Waals surface area contributed by atoms with Gasteiger partial charge in [-0.1, -0.05) is 12.1 Å². The molecule has 0 bridgehead atoms. The van der Waals surface area contributed by atoms with Crippen LogP contribution in [-0.4, -0.2) is 12.5 Å². The number of nitrogens with two attached hydrogens (primary N) is 1. The van der Waals surface area contributed by atoms with E-state index in [0.717, 1.165) is 24.8 Å². The van der Waals surface area contributed by atoms with E-state index in [-0.39, 0.29) is 5.91 Å². The van der Waals surface area contributed by atoms with Gasteiger partial charge in [0, 0.05) is 4.88 Å². The number of para-hydroxylation sites is 2. The van der Waals surface area contributed by atoms with Crippen molar-refractivity contribution in [1.82, 2.24) is 0 Å². The van der Waals surface area contributed by atoms with Gasteiger partial charge in [-0.15, -0.1) is 11.3 Å². The van der Waals surface area contributed by atoms with Crippen LogP contribution in [0.25, 0.3) is 0 Å². The lowest BCUT2D eigenvalue weighted by Gasteiger charge is -2.14. The van der Waals surface area contributed by atoms with Crippen LogP contribution in [0.4, 0.5) is 10.7 Å². The molecule has 0 radical (unpaired) electrons. The first-order valence-corrected chi connectivity index (χ1v) is 8.45. The highest BCUT2D eigenvalue weighted by atomic mass is 32.1. The van der Waals surface area contributed by atoms with Gasteiger partial charge in [0.15, 0.2) is 0 Å². The summed E-state index contributed by atoms with van der Waals surface area (Å²) in [5, 5.41) is 3.57. The molecule has 2 aromatic rings. The zero-order chi connectivity index (χ0) is 15.5. The van der Waals surface area contributed by atoms with Gasteiger partial charge < -0.3 is 15.8 Å². The molecule has 0 atom stereocenters. The molecule has 4 nitrogen and oxygen atoms in total. The number of aryl methyl sites for hydroxylation is 1. The van der Waals surface area contributed by atoms with Gasteiger partial charge in [0.05, 0.1) is 22.9 Å². The number of anilines is 2. The number of amides is 1. The second kappa shape index (κ2) is 6.40. The Morgan fingerprint density at radius 2 is 2.09 bits per heavy atom. The van der Waals surface area contributed by atoms with Crippen molar-refractivity contribution in [2.24, 2.45) is 0 Å². The van der Waals surface area contributed by atoms with Gasteiger partial charge in [-0.05, 0) is 50.3 Å². The van der Waals surface area contributed by atoms with Gasteiger partial charge in [0.2, 0.25) is 0 Å². The van der Waals surface area contributed by atoms with Crippen molar-refractivity contribution >= 4 is 27.9 Å². The minimum atomic E-state index is -0.135. The SMILES string of the molecule is CCOc1ccccc1NC(=O)c1c(N)sc2c1CCCC2. The number of rotatable bonds is 4. The normalized spacial score (nSPS) is 13.5. The summed E-state index contributed by atoms with van der Waals surface area (Å²) in [6.45, 7) is 2.48. The monoisotopic (exact) mass is 316 g/mol. The number of benzene rings is 1. The minimum Gasteiger partial charge on any atom is -0.492 e. The Hall–Kier alpha value is -2.01. The highest BCUT2D eigenvalue weighted by Crippen LogP contribution is 2.37. The summed E-state index contributed by atoms with van der Waals surface area (Å²) in [4.78, 5) is 14.0. The van der Waals surface area contributed by atoms with Crippen LogP contribution in [0.1, 0.15) is 40.6 Å². The third kappa shape index (κ3) is 2.81. The highest BCUT2D eigenvalue weighted by Gasteiger charge is 2.24. The maximum Gasteiger partial charge on any atom is 0.259 e. The topological polar surface area (TPSA) is 64.3 Å². The number of fused-ring (bicyclic) bond motifs is 1. The van der Waals surface area contributed by atoms with Crippen molar-refractivity contribution in [3.8, 4) is 5.75 Å². The molecule has 116 valence electrons. The zero-order valence-electron chi connectivity index (χ0n) is 12.6. The Kier molecular flexibility index (Phi) is 4.34. The predicted molar refractivity (Wildman–Crippen MR) is 90.9 cm³/mol. The van der Waals surface area contributed by atoms with Crippen LogP contribution in [0.3, 0.4) is 0 Å². The van der Waals surface area contributed by atoms with Crippen LogP contribution in [0, 0.1) is 0 Å². The fourth-order valence-electron chi connectivity index (χ4n) is 2.87. The summed E-state index contributed by atoms with van der Waals surface area (Å²) < 4.78 is 5.55. The summed E-state index contributed by atoms with van der Waals surface area (Å²) >= 11 is 1.56. The van der Waals surface area contributed by atoms with E-state index in [1.165, 1.54) is 11.3 Å². The number of nitrogen functional groups attached to an aromatic ring is 1. The second-order valence-corrected chi connectivity index (χ2v) is 6.47. The van der Waals surface area contributed by atoms with Crippen LogP contribution >= 0.6 is 11.3 Å². The lowest BCUT2D eigenvalue weighted by Crippen LogP contribution is -2.16. The summed E-state index contributed by atoms with van der Waals surface area (Å²) in [5.74, 6) is 0.546. The van der Waals surface area contributed by atoms with Gasteiger partial charge in [-0.2, -0.15) is 0 Å². The molecule has 0 unspecified atom stereocenters. The number of thiophene rings is 1. The molecular weight excluding hydrogens is 296 g/mol. The van der Waals surface area contributed by atoms with Crippen LogP contribution in [-0.2, 0) is 12.8 Å². The van der Waals surface area contributed by atoms with E-state index in [2.05, 4.69) is 5.32 Å². The minimum absolute atomic E-state index is 0.135. The first-order valence-electron chi connectivity index (χ1n) is 7.64. The number of nitrogens with one attached hydrogen (secondary N) is 1. The summed E-state index contributed by atoms with van der Waals surface area (Å²) in [7, 11) is 0. The summed E-state index contributed by atoms with van der Waals surface area (Å²) in [6.07, 6.45) is 4.28. The predicted octanol–water partition coefficient (Wildman–Crippen LogP) is 3.86. The van der Waals surface area contributed by atoms with Crippen molar-refractivity contribution < 1.29 is 9.53 Å². The van der Waals surface area contributed by atoms with Gasteiger partial charge in [-0.3, -0.25) is 4.79 Å². The average Bonchev–Trinajstić information content (AvgIpc) is 2.85. The molecule has 0 spiro atoms. The quantitative estimate of drug-likeness (QED) is 0.900. The molecule has 1 aliphatic rings. The van der Waals surface area contributed by atoms with E-state index in [1.807, 2.05) is 31.2 Å². The van der Waals surface area contributed by atoms with E-state index in [0.29, 0.717) is 28.6 Å². The van der Waals surface area contributed by atoms with E-state index >= 15 is 0 Å². The summed E-state index contributed by atoms with van der Waals surface area (Å²) in [6, 6.07) is 7.47. The van der Waals surface area contributed by atoms with E-state index in [1.54, 1.807) is 11.3 Å². The van der Waals surface area contributed by atoms with Crippen LogP contribution in [0.15, 0.2) is 24.3 Å². The molecule has 0 aliphatic heterocycles. The maximum atomic E-state index is 12.7. The fraction of sp³-hybridized carbons (Fsp3) is 0.353. The molecule has 1 aliphatic carbocycles. The molecular formula is C17H20N2O2S. The van der Waals surface area contributed by atoms with Crippen molar-refractivity contribution in [3.05, 3.63) is 40.3 Å². The first-order chi connectivity index (χ1) is 10.7. The Bertz CT molecular complexity index is 694. The van der Waals surface area contributed by atoms with Crippen molar-refractivity contribution in [1.29, 1.82) is 0 Å². The summed E-state index contributed by atoms with van der Waals surface area (Å²) in [5.41, 5.74) is 8.58. The van der Waals surface area contributed by atoms with Gasteiger partial charge >= 0.3 is 0 Å². The van der Waals surface area contributed by atoms with Gasteiger partial charge in [0.25, 0.3) is 5.91 Å². The Morgan fingerprint density at radius 3 is 2.91 bits per heavy atom. The van der Waals surface area contributed by atoms with Crippen LogP contribution in [0.5, 0.6) is 5.75 Å². The van der Waals surface area contributed by atoms with Gasteiger partial charge in [-0.25, -0.2) is 0 Å². The Labute approximate surface area is 134 Å². The zero-order valence-corrected chi connectivity index (χ0v) is 13.5. The number of carbonyl (C=O) groups is 1. The van der Waals surface area contributed by atoms with E-state index < -0.39 is 0 Å². The second-order valence-electron chi connectivity index (χ2n) is 5.33. The molecule has 0 fully saturated rings. The maximum absolute atomic E-state index is 12.7. The Balaban J connectivity index is 1.88. The number of hydrogen-bond donors (Lipinski definition) is 2. The molecule has 1 heterocycles. The lowest BCUT2D eigenvalue weighted by atomic mass is 9.95. The van der Waals surface area contributed by atoms with Gasteiger partial charge in [0.1, 0.15) is 5.75 Å². The first kappa shape index (κ1) is 14.9. The largest absolute Gasteiger partial charge is 0.492 e. The molecule has 3 rings (SSSR count). The van der Waals surface area contributed by atoms with E-state index in [9.17, 15) is 4.79 Å². The number of carbonyl (C=O) groups excluding carboxylic acids is 1. The number of hydrogen-bond acceptors (Lipinski definition) is 4. The molecule has 22 heavy (non-hydrogen) atoms. The fourth-order valence-corrected chi connectivity index (χ4v) is 4.03. The lowest BCUT2D eigenvalue weighted by molar-refractivity contribution is 0.102. The third-order valence-electron chi connectivity index (χ3n) is 3.86. The Morgan fingerprint density at radius 1 is 1.32 bits per heavy atom. The number of ether oxygens (including phenoxy) is 1. The smallest absolute Gasteiger partial charge is 0.259 e. The molecule has 1 aromatic heterocycles. The molecule has 0 saturated heterocycles. The van der Waals surface area contributed by atoms with Crippen molar-refractivity contribution in [2.45, 2.75) is 32.6 Å². The molecule has 1 amide bonds.